The molecule has 2 saturated heterocycles. The van der Waals surface area contributed by atoms with Crippen LogP contribution in [0.4, 0.5) is 11.8 Å². The van der Waals surface area contributed by atoms with E-state index < -0.39 is 0 Å². The quantitative estimate of drug-likeness (QED) is 0.287. The van der Waals surface area contributed by atoms with Crippen molar-refractivity contribution in [3.8, 4) is 11.5 Å². The maximum absolute atomic E-state index is 13.6. The van der Waals surface area contributed by atoms with Crippen molar-refractivity contribution >= 4 is 46.0 Å². The topological polar surface area (TPSA) is 104 Å². The third-order valence-electron chi connectivity index (χ3n) is 8.62. The summed E-state index contributed by atoms with van der Waals surface area (Å²) in [4.78, 5) is 41.6. The molecule has 0 saturated carbocycles. The van der Waals surface area contributed by atoms with Gasteiger partial charge in [0.25, 0.3) is 5.56 Å². The van der Waals surface area contributed by atoms with E-state index in [1.165, 1.54) is 4.57 Å². The van der Waals surface area contributed by atoms with Crippen LogP contribution in [0.2, 0.25) is 0 Å². The number of aromatic nitrogens is 4. The highest BCUT2D eigenvalue weighted by atomic mass is 35.5. The number of nitrogens with zero attached hydrogens (tertiary/aromatic N) is 6. The van der Waals surface area contributed by atoms with E-state index in [0.717, 1.165) is 22.3 Å². The maximum Gasteiger partial charge on any atom is 0.331 e. The van der Waals surface area contributed by atoms with Crippen molar-refractivity contribution in [1.82, 2.24) is 19.1 Å². The molecule has 0 bridgehead atoms. The van der Waals surface area contributed by atoms with Gasteiger partial charge < -0.3 is 24.0 Å². The summed E-state index contributed by atoms with van der Waals surface area (Å²) in [5.74, 6) is 2.78. The second-order valence-electron chi connectivity index (χ2n) is 11.9. The number of hydrogen-bond acceptors (Lipinski definition) is 9. The van der Waals surface area contributed by atoms with Crippen LogP contribution in [0.5, 0.6) is 11.5 Å². The average molecular weight is 639 g/mol. The van der Waals surface area contributed by atoms with Crippen molar-refractivity contribution in [3.05, 3.63) is 56.7 Å². The van der Waals surface area contributed by atoms with Gasteiger partial charge in [0.1, 0.15) is 5.82 Å². The van der Waals surface area contributed by atoms with Crippen LogP contribution in [0.15, 0.2) is 39.9 Å². The highest BCUT2D eigenvalue weighted by Crippen LogP contribution is 2.38. The highest BCUT2D eigenvalue weighted by Gasteiger charge is 2.30. The van der Waals surface area contributed by atoms with Crippen molar-refractivity contribution in [3.63, 3.8) is 0 Å². The summed E-state index contributed by atoms with van der Waals surface area (Å²) in [6.45, 7) is 13.7. The molecule has 0 spiro atoms. The van der Waals surface area contributed by atoms with E-state index in [4.69, 9.17) is 24.2 Å². The lowest BCUT2D eigenvalue weighted by Gasteiger charge is -2.37. The zero-order valence-electron chi connectivity index (χ0n) is 26.9. The van der Waals surface area contributed by atoms with Gasteiger partial charge in [0, 0.05) is 50.7 Å². The van der Waals surface area contributed by atoms with E-state index in [1.807, 2.05) is 51.1 Å². The van der Waals surface area contributed by atoms with Gasteiger partial charge in [-0.25, -0.2) is 9.78 Å². The van der Waals surface area contributed by atoms with E-state index in [-0.39, 0.29) is 41.9 Å². The molecule has 0 unspecified atom stereocenters. The fourth-order valence-electron chi connectivity index (χ4n) is 6.62. The first-order valence-electron chi connectivity index (χ1n) is 15.7. The van der Waals surface area contributed by atoms with E-state index in [2.05, 4.69) is 23.6 Å². The summed E-state index contributed by atoms with van der Waals surface area (Å²) in [6.07, 6.45) is 1.38. The lowest BCUT2D eigenvalue weighted by atomic mass is 10.0. The van der Waals surface area contributed by atoms with Gasteiger partial charge >= 0.3 is 5.69 Å². The first kappa shape index (κ1) is 32.6. The van der Waals surface area contributed by atoms with Crippen LogP contribution in [0.25, 0.3) is 21.8 Å². The van der Waals surface area contributed by atoms with E-state index in [0.29, 0.717) is 80.6 Å². The van der Waals surface area contributed by atoms with Crippen LogP contribution in [0.1, 0.15) is 52.1 Å². The Hall–Kier alpha value is -3.83. The minimum absolute atomic E-state index is 0. The Morgan fingerprint density at radius 3 is 2.18 bits per heavy atom. The molecule has 4 heterocycles. The number of piperidine rings is 1. The van der Waals surface area contributed by atoms with Crippen molar-refractivity contribution < 1.29 is 14.2 Å². The second kappa shape index (κ2) is 13.3. The smallest absolute Gasteiger partial charge is 0.331 e. The summed E-state index contributed by atoms with van der Waals surface area (Å²) in [5.41, 5.74) is 1.92. The lowest BCUT2D eigenvalue weighted by molar-refractivity contribution is -0.00569. The number of ether oxygens (including phenoxy) is 3. The molecule has 2 aromatic carbocycles. The van der Waals surface area contributed by atoms with E-state index >= 15 is 0 Å². The molecule has 4 aromatic rings. The second-order valence-corrected chi connectivity index (χ2v) is 11.9. The fourth-order valence-corrected chi connectivity index (χ4v) is 6.62. The molecule has 0 aliphatic carbocycles. The number of morpholine rings is 1. The number of anilines is 2. The molecule has 2 fully saturated rings. The Morgan fingerprint density at radius 1 is 0.889 bits per heavy atom. The van der Waals surface area contributed by atoms with Crippen molar-refractivity contribution in [1.29, 1.82) is 0 Å². The maximum atomic E-state index is 13.6. The molecule has 242 valence electrons. The molecule has 0 amide bonds. The molecule has 6 rings (SSSR count). The molecule has 45 heavy (non-hydrogen) atoms. The Balaban J connectivity index is 0.00000400. The molecule has 2 aromatic heterocycles. The number of hydrogen-bond donors (Lipinski definition) is 0. The van der Waals surface area contributed by atoms with Crippen LogP contribution in [-0.4, -0.2) is 70.7 Å². The minimum atomic E-state index is -0.278. The van der Waals surface area contributed by atoms with Crippen LogP contribution < -0.4 is 30.5 Å². The monoisotopic (exact) mass is 638 g/mol. The number of halogens is 1. The Bertz CT molecular complexity index is 1810. The molecule has 0 radical (unpaired) electrons. The number of aryl methyl sites for hydroxylation is 2. The zero-order chi connectivity index (χ0) is 31.1. The molecule has 12 heteroatoms. The predicted octanol–water partition coefficient (Wildman–Crippen LogP) is 4.63. The molecular weight excluding hydrogens is 596 g/mol. The number of fused-ring (bicyclic) bond motifs is 2. The Morgan fingerprint density at radius 2 is 1.53 bits per heavy atom. The van der Waals surface area contributed by atoms with Gasteiger partial charge in [-0.1, -0.05) is 11.6 Å². The summed E-state index contributed by atoms with van der Waals surface area (Å²) in [6, 6.07) is 9.36. The summed E-state index contributed by atoms with van der Waals surface area (Å²) in [7, 11) is 1.74. The molecule has 11 nitrogen and oxygen atoms in total. The van der Waals surface area contributed by atoms with Crippen molar-refractivity contribution in [2.75, 3.05) is 49.2 Å². The van der Waals surface area contributed by atoms with Gasteiger partial charge in [0.2, 0.25) is 5.95 Å². The van der Waals surface area contributed by atoms with Gasteiger partial charge in [0.15, 0.2) is 11.5 Å². The highest BCUT2D eigenvalue weighted by molar-refractivity contribution is 5.93. The van der Waals surface area contributed by atoms with Gasteiger partial charge in [-0.3, -0.25) is 13.9 Å². The fraction of sp³-hybridized carbons (Fsp3) is 0.515. The first-order chi connectivity index (χ1) is 21.2. The van der Waals surface area contributed by atoms with Crippen LogP contribution >= 0.6 is 12.4 Å². The Kier molecular flexibility index (Phi) is 9.60. The number of benzene rings is 2. The summed E-state index contributed by atoms with van der Waals surface area (Å²) < 4.78 is 20.9. The molecule has 2 aliphatic rings. The molecule has 2 aliphatic heterocycles. The Labute approximate surface area is 269 Å². The third-order valence-corrected chi connectivity index (χ3v) is 8.62. The zero-order valence-corrected chi connectivity index (χ0v) is 27.7. The van der Waals surface area contributed by atoms with Gasteiger partial charge in [0.05, 0.1) is 41.8 Å². The molecule has 2 atom stereocenters. The van der Waals surface area contributed by atoms with Crippen LogP contribution in [-0.2, 0) is 11.8 Å². The molecular formula is C33H43ClN6O5. The first-order valence-corrected chi connectivity index (χ1v) is 15.7. The van der Waals surface area contributed by atoms with Crippen LogP contribution in [0, 0.1) is 6.92 Å². The average Bonchev–Trinajstić information content (AvgIpc) is 3.00. The summed E-state index contributed by atoms with van der Waals surface area (Å²) in [5, 5.41) is 1.45. The summed E-state index contributed by atoms with van der Waals surface area (Å²) >= 11 is 0. The van der Waals surface area contributed by atoms with Gasteiger partial charge in [-0.15, -0.1) is 12.4 Å². The SMILES string of the molecule is CCOc1cc2nc(N3C[C@@H](C)O[C@@H](C)C3)nc(N3CCC(n4c(=O)c5cc(C)ccc5n(C)c4=O)CC3)c2cc1OCC.Cl. The largest absolute Gasteiger partial charge is 0.490 e. The standard InChI is InChI=1S/C33H42N6O5.ClH/c1-7-42-28-16-24-26(17-29(28)43-8-2)34-32(38-18-21(4)44-22(5)19-38)35-30(24)37-13-11-23(12-14-37)39-31(40)25-15-20(3)9-10-27(25)36(6)33(39)41;/h9-10,15-17,21-23H,7-8,11-14,18-19H2,1-6H3;1H/t21-,22+;. The van der Waals surface area contributed by atoms with E-state index in [1.54, 1.807) is 11.6 Å². The van der Waals surface area contributed by atoms with Gasteiger partial charge in [-0.2, -0.15) is 4.98 Å². The third kappa shape index (κ3) is 6.20. The van der Waals surface area contributed by atoms with Crippen LogP contribution in [0.3, 0.4) is 0 Å². The van der Waals surface area contributed by atoms with Gasteiger partial charge in [-0.05, 0) is 65.7 Å². The molecule has 0 N–H and O–H groups in total. The number of rotatable bonds is 7. The minimum Gasteiger partial charge on any atom is -0.490 e. The van der Waals surface area contributed by atoms with Crippen molar-refractivity contribution in [2.24, 2.45) is 7.05 Å². The lowest BCUT2D eigenvalue weighted by Crippen LogP contribution is -2.47. The predicted molar refractivity (Wildman–Crippen MR) is 180 cm³/mol. The van der Waals surface area contributed by atoms with Crippen molar-refractivity contribution in [2.45, 2.75) is 65.7 Å². The normalized spacial score (nSPS) is 19.2. The van der Waals surface area contributed by atoms with E-state index in [9.17, 15) is 9.59 Å².